The first-order chi connectivity index (χ1) is 16.2. The zero-order valence-corrected chi connectivity index (χ0v) is 21.9. The first-order valence-corrected chi connectivity index (χ1v) is 13.4. The van der Waals surface area contributed by atoms with Crippen LogP contribution in [0, 0.1) is 11.8 Å². The predicted molar refractivity (Wildman–Crippen MR) is 133 cm³/mol. The van der Waals surface area contributed by atoms with E-state index in [2.05, 4.69) is 34.4 Å². The third-order valence-electron chi connectivity index (χ3n) is 7.50. The smallest absolute Gasteiger partial charge is 0.329 e. The summed E-state index contributed by atoms with van der Waals surface area (Å²) in [6, 6.07) is -0.826. The SMILES string of the molecule is CCC(CC1=CCCC=C1)C(C)OC(=O)C1CCCCN1C(=O)C(=O)C1(O)OC(P)CCC1C. The van der Waals surface area contributed by atoms with Gasteiger partial charge in [-0.25, -0.2) is 4.79 Å². The number of esters is 1. The number of aliphatic hydroxyl groups is 1. The van der Waals surface area contributed by atoms with Gasteiger partial charge in [0.25, 0.3) is 11.7 Å². The standard InChI is InChI=1S/C26H40NO6P/c1-4-20(16-19-10-6-5-7-11-19)18(3)32-25(30)21-12-8-9-15-27(21)24(29)23(28)26(31)17(2)13-14-22(34)33-26/h6,10-11,17-18,20-22,31H,4-5,7-9,12-16,34H2,1-3H3. The summed E-state index contributed by atoms with van der Waals surface area (Å²) in [5.74, 6) is -5.26. The van der Waals surface area contributed by atoms with Gasteiger partial charge in [-0.05, 0) is 70.6 Å². The van der Waals surface area contributed by atoms with Gasteiger partial charge in [0.05, 0.1) is 5.85 Å². The number of piperidine rings is 1. The van der Waals surface area contributed by atoms with E-state index < -0.39 is 41.3 Å². The lowest BCUT2D eigenvalue weighted by Gasteiger charge is -2.41. The van der Waals surface area contributed by atoms with Crippen molar-refractivity contribution in [3.05, 3.63) is 23.8 Å². The molecule has 1 N–H and O–H groups in total. The van der Waals surface area contributed by atoms with Crippen LogP contribution in [-0.2, 0) is 23.9 Å². The fraction of sp³-hybridized carbons (Fsp3) is 0.731. The van der Waals surface area contributed by atoms with Gasteiger partial charge < -0.3 is 19.5 Å². The van der Waals surface area contributed by atoms with Crippen LogP contribution in [0.5, 0.6) is 0 Å². The zero-order chi connectivity index (χ0) is 24.9. The summed E-state index contributed by atoms with van der Waals surface area (Å²) in [6.45, 7) is 5.97. The predicted octanol–water partition coefficient (Wildman–Crippen LogP) is 3.90. The van der Waals surface area contributed by atoms with Crippen molar-refractivity contribution in [3.63, 3.8) is 0 Å². The van der Waals surface area contributed by atoms with Crippen LogP contribution in [0.15, 0.2) is 23.8 Å². The lowest BCUT2D eigenvalue weighted by molar-refractivity contribution is -0.247. The van der Waals surface area contributed by atoms with Crippen LogP contribution in [-0.4, -0.2) is 58.0 Å². The number of amides is 1. The number of carbonyl (C=O) groups is 3. The van der Waals surface area contributed by atoms with Gasteiger partial charge in [-0.2, -0.15) is 0 Å². The van der Waals surface area contributed by atoms with Crippen molar-refractivity contribution >= 4 is 26.9 Å². The second-order valence-corrected chi connectivity index (χ2v) is 10.7. The molecule has 1 aliphatic carbocycles. The number of ketones is 1. The molecule has 0 aromatic carbocycles. The molecule has 3 rings (SSSR count). The Morgan fingerprint density at radius 1 is 1.26 bits per heavy atom. The molecular formula is C26H40NO6P. The number of rotatable bonds is 8. The van der Waals surface area contributed by atoms with Crippen LogP contribution in [0.4, 0.5) is 0 Å². The Morgan fingerprint density at radius 2 is 2.03 bits per heavy atom. The molecule has 1 amide bonds. The third-order valence-corrected chi connectivity index (χ3v) is 7.97. The minimum Gasteiger partial charge on any atom is -0.461 e. The Labute approximate surface area is 205 Å². The van der Waals surface area contributed by atoms with E-state index in [-0.39, 0.29) is 18.6 Å². The quantitative estimate of drug-likeness (QED) is 0.313. The molecule has 2 heterocycles. The maximum atomic E-state index is 13.2. The molecule has 3 aliphatic rings. The molecule has 190 valence electrons. The fourth-order valence-corrected chi connectivity index (χ4v) is 5.52. The number of carbonyl (C=O) groups excluding carboxylic acids is 3. The van der Waals surface area contributed by atoms with E-state index in [0.29, 0.717) is 25.7 Å². The van der Waals surface area contributed by atoms with Crippen molar-refractivity contribution in [3.8, 4) is 0 Å². The van der Waals surface area contributed by atoms with Crippen molar-refractivity contribution in [1.82, 2.24) is 4.90 Å². The van der Waals surface area contributed by atoms with Crippen molar-refractivity contribution < 1.29 is 29.0 Å². The van der Waals surface area contributed by atoms with Crippen molar-refractivity contribution in [2.45, 2.75) is 102 Å². The first-order valence-electron chi connectivity index (χ1n) is 12.7. The largest absolute Gasteiger partial charge is 0.461 e. The monoisotopic (exact) mass is 493 g/mol. The van der Waals surface area contributed by atoms with Gasteiger partial charge in [0.2, 0.25) is 5.79 Å². The molecule has 8 heteroatoms. The molecule has 2 aliphatic heterocycles. The molecule has 0 saturated carbocycles. The van der Waals surface area contributed by atoms with Crippen LogP contribution in [0.2, 0.25) is 0 Å². The average Bonchev–Trinajstić information content (AvgIpc) is 2.84. The van der Waals surface area contributed by atoms with Crippen LogP contribution >= 0.6 is 9.24 Å². The number of hydrogen-bond acceptors (Lipinski definition) is 6. The Morgan fingerprint density at radius 3 is 2.71 bits per heavy atom. The molecule has 0 aromatic heterocycles. The minimum atomic E-state index is -2.17. The van der Waals surface area contributed by atoms with E-state index in [0.717, 1.165) is 32.1 Å². The molecule has 7 atom stereocenters. The van der Waals surface area contributed by atoms with Crippen molar-refractivity contribution in [2.75, 3.05) is 6.54 Å². The van der Waals surface area contributed by atoms with E-state index >= 15 is 0 Å². The van der Waals surface area contributed by atoms with Crippen LogP contribution in [0.25, 0.3) is 0 Å². The topological polar surface area (TPSA) is 93.1 Å². The summed E-state index contributed by atoms with van der Waals surface area (Å²) in [6.07, 6.45) is 13.2. The Bertz CT molecular complexity index is 826. The maximum absolute atomic E-state index is 13.2. The number of Topliss-reactive ketones (excluding diaryl/α,β-unsaturated/α-hetero) is 1. The van der Waals surface area contributed by atoms with Crippen LogP contribution in [0.3, 0.4) is 0 Å². The van der Waals surface area contributed by atoms with Gasteiger partial charge in [0, 0.05) is 12.5 Å². The fourth-order valence-electron chi connectivity index (χ4n) is 5.12. The number of allylic oxidation sites excluding steroid dienone is 4. The molecule has 34 heavy (non-hydrogen) atoms. The van der Waals surface area contributed by atoms with Gasteiger partial charge in [-0.15, -0.1) is 9.24 Å². The Balaban J connectivity index is 1.67. The molecule has 7 unspecified atom stereocenters. The van der Waals surface area contributed by atoms with Crippen molar-refractivity contribution in [1.29, 1.82) is 0 Å². The molecule has 0 spiro atoms. The Kier molecular flexibility index (Phi) is 9.48. The van der Waals surface area contributed by atoms with E-state index in [4.69, 9.17) is 9.47 Å². The lowest BCUT2D eigenvalue weighted by Crippen LogP contribution is -2.60. The number of ether oxygens (including phenoxy) is 2. The highest BCUT2D eigenvalue weighted by molar-refractivity contribution is 7.17. The maximum Gasteiger partial charge on any atom is 0.329 e. The van der Waals surface area contributed by atoms with Crippen LogP contribution < -0.4 is 0 Å². The van der Waals surface area contributed by atoms with Crippen LogP contribution in [0.1, 0.15) is 78.6 Å². The molecule has 2 fully saturated rings. The molecule has 2 saturated heterocycles. The normalized spacial score (nSPS) is 31.4. The molecule has 0 bridgehead atoms. The first kappa shape index (κ1) is 27.0. The summed E-state index contributed by atoms with van der Waals surface area (Å²) >= 11 is 0. The van der Waals surface area contributed by atoms with Gasteiger partial charge >= 0.3 is 5.97 Å². The second kappa shape index (κ2) is 11.9. The van der Waals surface area contributed by atoms with E-state index in [1.807, 2.05) is 6.92 Å². The third kappa shape index (κ3) is 6.16. The number of nitrogens with zero attached hydrogens (tertiary/aromatic N) is 1. The summed E-state index contributed by atoms with van der Waals surface area (Å²) < 4.78 is 11.4. The highest BCUT2D eigenvalue weighted by Gasteiger charge is 2.52. The van der Waals surface area contributed by atoms with Crippen molar-refractivity contribution in [2.24, 2.45) is 11.8 Å². The van der Waals surface area contributed by atoms with Gasteiger partial charge in [0.15, 0.2) is 0 Å². The van der Waals surface area contributed by atoms with E-state index in [1.54, 1.807) is 6.92 Å². The highest BCUT2D eigenvalue weighted by atomic mass is 31.0. The molecule has 7 nitrogen and oxygen atoms in total. The summed E-state index contributed by atoms with van der Waals surface area (Å²) in [5, 5.41) is 11.0. The summed E-state index contributed by atoms with van der Waals surface area (Å²) in [4.78, 5) is 40.8. The molecule has 0 aromatic rings. The summed E-state index contributed by atoms with van der Waals surface area (Å²) in [5.41, 5.74) is 1.27. The van der Waals surface area contributed by atoms with E-state index in [1.165, 1.54) is 10.5 Å². The minimum absolute atomic E-state index is 0.170. The lowest BCUT2D eigenvalue weighted by atomic mass is 9.88. The Hall–Kier alpha value is -1.56. The number of likely N-dealkylation sites (tertiary alicyclic amines) is 1. The molecule has 0 radical (unpaired) electrons. The van der Waals surface area contributed by atoms with Gasteiger partial charge in [-0.1, -0.05) is 37.6 Å². The second-order valence-electron chi connectivity index (χ2n) is 9.94. The number of hydrogen-bond donors (Lipinski definition) is 1. The highest BCUT2D eigenvalue weighted by Crippen LogP contribution is 2.36. The average molecular weight is 494 g/mol. The van der Waals surface area contributed by atoms with E-state index in [9.17, 15) is 19.5 Å². The molecular weight excluding hydrogens is 453 g/mol. The van der Waals surface area contributed by atoms with Gasteiger partial charge in [0.1, 0.15) is 12.1 Å². The zero-order valence-electron chi connectivity index (χ0n) is 20.7. The summed E-state index contributed by atoms with van der Waals surface area (Å²) in [7, 11) is 2.45. The van der Waals surface area contributed by atoms with Gasteiger partial charge in [-0.3, -0.25) is 9.59 Å².